The molecule has 0 unspecified atom stereocenters. The van der Waals surface area contributed by atoms with Gasteiger partial charge in [-0.1, -0.05) is 19.9 Å². The molecule has 4 saturated carbocycles. The van der Waals surface area contributed by atoms with E-state index in [0.717, 1.165) is 62.7 Å². The van der Waals surface area contributed by atoms with Gasteiger partial charge < -0.3 is 15.2 Å². The molecule has 2 bridgehead atoms. The van der Waals surface area contributed by atoms with Crippen LogP contribution in [0, 0.1) is 22.7 Å². The van der Waals surface area contributed by atoms with Crippen LogP contribution in [0.25, 0.3) is 0 Å². The van der Waals surface area contributed by atoms with Crippen molar-refractivity contribution in [2.24, 2.45) is 22.7 Å². The molecule has 1 amide bonds. The molecule has 5 rings (SSSR count). The molecular weight excluding hydrogens is 398 g/mol. The van der Waals surface area contributed by atoms with E-state index in [1.54, 1.807) is 0 Å². The van der Waals surface area contributed by atoms with Crippen molar-refractivity contribution in [3.8, 4) is 5.75 Å². The largest absolute Gasteiger partial charge is 0.494 e. The lowest BCUT2D eigenvalue weighted by molar-refractivity contribution is -0.148. The van der Waals surface area contributed by atoms with E-state index in [1.165, 1.54) is 6.42 Å². The Hall–Kier alpha value is -1.81. The molecule has 174 valence electrons. The molecule has 4 fully saturated rings. The summed E-state index contributed by atoms with van der Waals surface area (Å²) in [6.45, 7) is 11.6. The lowest BCUT2D eigenvalue weighted by Gasteiger charge is -2.64. The Morgan fingerprint density at radius 3 is 2.56 bits per heavy atom. The number of carbonyl (C=O) groups is 1. The highest BCUT2D eigenvalue weighted by molar-refractivity contribution is 5.94. The number of hydrogen-bond donors (Lipinski definition) is 2. The van der Waals surface area contributed by atoms with Crippen LogP contribution in [-0.2, 0) is 0 Å². The number of carbonyl (C=O) groups excluding carboxylic acids is 1. The third kappa shape index (κ3) is 3.16. The summed E-state index contributed by atoms with van der Waals surface area (Å²) in [6, 6.07) is 7.50. The third-order valence-corrected chi connectivity index (χ3v) is 9.98. The zero-order chi connectivity index (χ0) is 22.8. The van der Waals surface area contributed by atoms with Crippen LogP contribution in [0.3, 0.4) is 0 Å². The predicted octanol–water partition coefficient (Wildman–Crippen LogP) is 5.65. The smallest absolute Gasteiger partial charge is 0.251 e. The molecule has 0 aliphatic heterocycles. The SMILES string of the molecule is C=C1C[C@@]23CC[C@H]4[C@@](C)(CCC[C@@]4(C)NC(=O)c4ccc(OCC)cc4)[C@@H]2CC[C@]1(O)C3. The second kappa shape index (κ2) is 7.35. The van der Waals surface area contributed by atoms with Gasteiger partial charge in [-0.25, -0.2) is 0 Å². The van der Waals surface area contributed by atoms with E-state index >= 15 is 0 Å². The number of nitrogens with one attached hydrogen (secondary N) is 1. The average Bonchev–Trinajstić information content (AvgIpc) is 2.91. The summed E-state index contributed by atoms with van der Waals surface area (Å²) < 4.78 is 5.53. The summed E-state index contributed by atoms with van der Waals surface area (Å²) in [5.74, 6) is 1.89. The van der Waals surface area contributed by atoms with E-state index in [-0.39, 0.29) is 22.3 Å². The van der Waals surface area contributed by atoms with E-state index in [9.17, 15) is 9.90 Å². The van der Waals surface area contributed by atoms with Crippen LogP contribution in [0.2, 0.25) is 0 Å². The fourth-order valence-corrected chi connectivity index (χ4v) is 8.70. The van der Waals surface area contributed by atoms with Crippen LogP contribution >= 0.6 is 0 Å². The highest BCUT2D eigenvalue weighted by Crippen LogP contribution is 2.71. The Morgan fingerprint density at radius 2 is 1.84 bits per heavy atom. The molecule has 0 saturated heterocycles. The average molecular weight is 438 g/mol. The van der Waals surface area contributed by atoms with E-state index in [2.05, 4.69) is 25.7 Å². The molecule has 1 aromatic rings. The number of benzene rings is 1. The van der Waals surface area contributed by atoms with Gasteiger partial charge in [0.15, 0.2) is 0 Å². The van der Waals surface area contributed by atoms with E-state index < -0.39 is 5.60 Å². The van der Waals surface area contributed by atoms with Crippen LogP contribution in [0.4, 0.5) is 0 Å². The first-order chi connectivity index (χ1) is 15.1. The number of ether oxygens (including phenoxy) is 1. The van der Waals surface area contributed by atoms with Gasteiger partial charge in [-0.2, -0.15) is 0 Å². The van der Waals surface area contributed by atoms with Crippen molar-refractivity contribution in [3.05, 3.63) is 42.0 Å². The Kier molecular flexibility index (Phi) is 5.05. The van der Waals surface area contributed by atoms with Gasteiger partial charge in [0.1, 0.15) is 5.75 Å². The molecule has 4 aliphatic carbocycles. The molecule has 0 heterocycles. The van der Waals surface area contributed by atoms with Gasteiger partial charge in [-0.15, -0.1) is 0 Å². The van der Waals surface area contributed by atoms with Gasteiger partial charge in [0.2, 0.25) is 0 Å². The van der Waals surface area contributed by atoms with Crippen molar-refractivity contribution in [1.82, 2.24) is 5.32 Å². The van der Waals surface area contributed by atoms with Crippen LogP contribution in [0.1, 0.15) is 88.9 Å². The molecule has 4 nitrogen and oxygen atoms in total. The summed E-state index contributed by atoms with van der Waals surface area (Å²) in [5, 5.41) is 14.6. The number of aliphatic hydroxyl groups is 1. The van der Waals surface area contributed by atoms with Crippen molar-refractivity contribution in [1.29, 1.82) is 0 Å². The minimum atomic E-state index is -0.625. The first-order valence-corrected chi connectivity index (χ1v) is 12.6. The molecule has 1 spiro atoms. The minimum absolute atomic E-state index is 0.0207. The normalized spacial score (nSPS) is 42.7. The molecule has 2 N–H and O–H groups in total. The zero-order valence-electron chi connectivity index (χ0n) is 20.0. The van der Waals surface area contributed by atoms with Crippen LogP contribution < -0.4 is 10.1 Å². The molecule has 0 aromatic heterocycles. The number of amides is 1. The Bertz CT molecular complexity index is 925. The molecule has 6 atom stereocenters. The van der Waals surface area contributed by atoms with Crippen LogP contribution in [-0.4, -0.2) is 28.8 Å². The monoisotopic (exact) mass is 437 g/mol. The predicted molar refractivity (Wildman–Crippen MR) is 127 cm³/mol. The van der Waals surface area contributed by atoms with Gasteiger partial charge in [-0.3, -0.25) is 4.79 Å². The number of hydrogen-bond acceptors (Lipinski definition) is 3. The fourth-order valence-electron chi connectivity index (χ4n) is 8.70. The zero-order valence-corrected chi connectivity index (χ0v) is 20.0. The van der Waals surface area contributed by atoms with Crippen molar-refractivity contribution < 1.29 is 14.6 Å². The van der Waals surface area contributed by atoms with Crippen molar-refractivity contribution in [2.45, 2.75) is 89.7 Å². The van der Waals surface area contributed by atoms with Crippen LogP contribution in [0.15, 0.2) is 36.4 Å². The Labute approximate surface area is 192 Å². The summed E-state index contributed by atoms with van der Waals surface area (Å²) in [4.78, 5) is 13.3. The molecule has 4 aliphatic rings. The Morgan fingerprint density at radius 1 is 1.12 bits per heavy atom. The second-order valence-corrected chi connectivity index (χ2v) is 11.7. The van der Waals surface area contributed by atoms with Gasteiger partial charge >= 0.3 is 0 Å². The fraction of sp³-hybridized carbons (Fsp3) is 0.679. The maximum absolute atomic E-state index is 13.3. The van der Waals surface area contributed by atoms with Gasteiger partial charge in [0.25, 0.3) is 5.91 Å². The van der Waals surface area contributed by atoms with Crippen molar-refractivity contribution in [3.63, 3.8) is 0 Å². The summed E-state index contributed by atoms with van der Waals surface area (Å²) >= 11 is 0. The van der Waals surface area contributed by atoms with E-state index in [0.29, 0.717) is 24.0 Å². The molecule has 0 radical (unpaired) electrons. The van der Waals surface area contributed by atoms with E-state index in [4.69, 9.17) is 4.74 Å². The van der Waals surface area contributed by atoms with Crippen molar-refractivity contribution in [2.75, 3.05) is 6.61 Å². The quantitative estimate of drug-likeness (QED) is 0.598. The van der Waals surface area contributed by atoms with Crippen LogP contribution in [0.5, 0.6) is 5.75 Å². The highest BCUT2D eigenvalue weighted by Gasteiger charge is 2.66. The molecule has 1 aromatic carbocycles. The third-order valence-electron chi connectivity index (χ3n) is 9.98. The topological polar surface area (TPSA) is 58.6 Å². The number of fused-ring (bicyclic) bond motifs is 3. The second-order valence-electron chi connectivity index (χ2n) is 11.7. The first kappa shape index (κ1) is 22.0. The molecule has 4 heteroatoms. The first-order valence-electron chi connectivity index (χ1n) is 12.6. The van der Waals surface area contributed by atoms with Gasteiger partial charge in [-0.05, 0) is 118 Å². The molecular formula is C28H39NO3. The van der Waals surface area contributed by atoms with Gasteiger partial charge in [0, 0.05) is 11.1 Å². The summed E-state index contributed by atoms with van der Waals surface area (Å²) in [6.07, 6.45) is 9.51. The molecule has 32 heavy (non-hydrogen) atoms. The summed E-state index contributed by atoms with van der Waals surface area (Å²) in [5.41, 5.74) is 1.36. The van der Waals surface area contributed by atoms with E-state index in [1.807, 2.05) is 31.2 Å². The lowest BCUT2D eigenvalue weighted by atomic mass is 9.42. The Balaban J connectivity index is 1.39. The lowest BCUT2D eigenvalue weighted by Crippen LogP contribution is -2.64. The minimum Gasteiger partial charge on any atom is -0.494 e. The maximum atomic E-state index is 13.3. The highest BCUT2D eigenvalue weighted by atomic mass is 16.5. The number of rotatable bonds is 4. The standard InChI is InChI=1S/C28H39NO3/c1-5-32-21-9-7-20(8-10-21)24(30)29-26(4)14-6-13-25(3)22(26)11-15-27-17-19(2)28(31,18-27)16-12-23(25)27/h7-10,22-23,31H,2,5-6,11-18H2,1,3-4H3,(H,29,30)/t22-,23-,25+,26+,27+,28-/m0/s1. The van der Waals surface area contributed by atoms with Crippen molar-refractivity contribution >= 4 is 5.91 Å². The maximum Gasteiger partial charge on any atom is 0.251 e. The van der Waals surface area contributed by atoms with Gasteiger partial charge in [0.05, 0.1) is 12.2 Å². The summed E-state index contributed by atoms with van der Waals surface area (Å²) in [7, 11) is 0.